The monoisotopic (exact) mass is 634 g/mol. The van der Waals surface area contributed by atoms with Crippen LogP contribution in [0.5, 0.6) is 17.4 Å². The summed E-state index contributed by atoms with van der Waals surface area (Å²) in [5.41, 5.74) is 2.14. The second kappa shape index (κ2) is 13.9. The molecule has 0 atom stereocenters. The number of aromatic nitrogens is 3. The van der Waals surface area contributed by atoms with E-state index in [1.807, 2.05) is 53.7 Å². The molecule has 12 heteroatoms. The summed E-state index contributed by atoms with van der Waals surface area (Å²) >= 11 is 0. The SMILES string of the molecule is CCN(C(=O)c1cc(F)ccc1Oc1nnccc1N1CCC(Oc2ccnc3c2CN(C(=O)OC(C)(C)C)CC3)CC1)C(C)C. The second-order valence-electron chi connectivity index (χ2n) is 12.8. The van der Waals surface area contributed by atoms with E-state index in [2.05, 4.69) is 20.1 Å². The topological polar surface area (TPSA) is 110 Å². The molecule has 0 N–H and O–H groups in total. The standard InChI is InChI=1S/C34H43FN6O5/c1-7-41(22(2)3)32(42)25-20-23(35)8-9-29(25)45-31-28(10-16-37-38-31)39-17-12-24(13-18-39)44-30-11-15-36-27-14-19-40(21-26(27)30)33(43)46-34(4,5)6/h8-11,15-16,20,22,24H,7,12-14,17-19,21H2,1-6H3. The number of carbonyl (C=O) groups excluding carboxylic acids is 2. The van der Waals surface area contributed by atoms with Gasteiger partial charge in [-0.15, -0.1) is 5.10 Å². The largest absolute Gasteiger partial charge is 0.490 e. The van der Waals surface area contributed by atoms with Gasteiger partial charge in [-0.3, -0.25) is 9.78 Å². The van der Waals surface area contributed by atoms with Crippen LogP contribution in [-0.4, -0.2) is 80.9 Å². The molecule has 0 bridgehead atoms. The summed E-state index contributed by atoms with van der Waals surface area (Å²) in [6.07, 6.45) is 5.06. The van der Waals surface area contributed by atoms with Crippen LogP contribution in [0.25, 0.3) is 0 Å². The summed E-state index contributed by atoms with van der Waals surface area (Å²) in [7, 11) is 0. The fraction of sp³-hybridized carbons (Fsp3) is 0.500. The maximum Gasteiger partial charge on any atom is 0.410 e. The lowest BCUT2D eigenvalue weighted by Gasteiger charge is -2.35. The van der Waals surface area contributed by atoms with Gasteiger partial charge in [-0.05, 0) is 71.9 Å². The highest BCUT2D eigenvalue weighted by Crippen LogP contribution is 2.35. The van der Waals surface area contributed by atoms with Crippen molar-refractivity contribution in [2.75, 3.05) is 31.1 Å². The average molecular weight is 635 g/mol. The number of pyridine rings is 1. The van der Waals surface area contributed by atoms with Gasteiger partial charge in [0.2, 0.25) is 0 Å². The second-order valence-corrected chi connectivity index (χ2v) is 12.8. The van der Waals surface area contributed by atoms with Crippen molar-refractivity contribution in [1.82, 2.24) is 25.0 Å². The van der Waals surface area contributed by atoms with Crippen LogP contribution in [-0.2, 0) is 17.7 Å². The molecule has 2 aliphatic rings. The van der Waals surface area contributed by atoms with E-state index in [1.54, 1.807) is 22.2 Å². The quantitative estimate of drug-likeness (QED) is 0.294. The first-order valence-electron chi connectivity index (χ1n) is 15.9. The number of halogens is 1. The number of benzene rings is 1. The van der Waals surface area contributed by atoms with Crippen molar-refractivity contribution >= 4 is 17.7 Å². The highest BCUT2D eigenvalue weighted by atomic mass is 19.1. The summed E-state index contributed by atoms with van der Waals surface area (Å²) in [5, 5.41) is 8.26. The molecule has 1 saturated heterocycles. The number of carbonyl (C=O) groups is 2. The van der Waals surface area contributed by atoms with Crippen LogP contribution in [0.15, 0.2) is 42.7 Å². The molecule has 2 aromatic heterocycles. The smallest absolute Gasteiger partial charge is 0.410 e. The Morgan fingerprint density at radius 1 is 1.07 bits per heavy atom. The molecule has 246 valence electrons. The average Bonchev–Trinajstić information content (AvgIpc) is 3.02. The number of nitrogens with zero attached hydrogens (tertiary/aromatic N) is 6. The molecular formula is C34H43FN6O5. The molecule has 1 fully saturated rings. The van der Waals surface area contributed by atoms with Crippen molar-refractivity contribution in [3.63, 3.8) is 0 Å². The van der Waals surface area contributed by atoms with Crippen molar-refractivity contribution in [2.45, 2.75) is 85.1 Å². The number of ether oxygens (including phenoxy) is 3. The lowest BCUT2D eigenvalue weighted by atomic mass is 10.0. The van der Waals surface area contributed by atoms with E-state index in [-0.39, 0.29) is 41.3 Å². The summed E-state index contributed by atoms with van der Waals surface area (Å²) < 4.78 is 32.6. The van der Waals surface area contributed by atoms with Crippen molar-refractivity contribution in [2.24, 2.45) is 0 Å². The van der Waals surface area contributed by atoms with Gasteiger partial charge in [0.15, 0.2) is 0 Å². The molecule has 3 aromatic rings. The Morgan fingerprint density at radius 3 is 2.52 bits per heavy atom. The predicted molar refractivity (Wildman–Crippen MR) is 171 cm³/mol. The van der Waals surface area contributed by atoms with Crippen molar-refractivity contribution in [3.8, 4) is 17.4 Å². The van der Waals surface area contributed by atoms with Gasteiger partial charge in [-0.25, -0.2) is 9.18 Å². The Balaban J connectivity index is 1.27. The van der Waals surface area contributed by atoms with Crippen LogP contribution in [0, 0.1) is 5.82 Å². The van der Waals surface area contributed by atoms with Crippen molar-refractivity contribution in [1.29, 1.82) is 0 Å². The first-order valence-corrected chi connectivity index (χ1v) is 15.9. The van der Waals surface area contributed by atoms with Crippen LogP contribution in [0.3, 0.4) is 0 Å². The van der Waals surface area contributed by atoms with Gasteiger partial charge in [-0.2, -0.15) is 5.10 Å². The fourth-order valence-electron chi connectivity index (χ4n) is 5.78. The fourth-order valence-corrected chi connectivity index (χ4v) is 5.78. The third kappa shape index (κ3) is 7.66. The Hall–Kier alpha value is -4.48. The van der Waals surface area contributed by atoms with Crippen LogP contribution in [0.2, 0.25) is 0 Å². The number of fused-ring (bicyclic) bond motifs is 1. The predicted octanol–water partition coefficient (Wildman–Crippen LogP) is 6.01. The van der Waals surface area contributed by atoms with Crippen LogP contribution in [0.1, 0.15) is 76.0 Å². The molecule has 0 unspecified atom stereocenters. The number of anilines is 1. The summed E-state index contributed by atoms with van der Waals surface area (Å²) in [6, 6.07) is 7.54. The van der Waals surface area contributed by atoms with Crippen molar-refractivity contribution in [3.05, 3.63) is 65.4 Å². The van der Waals surface area contributed by atoms with Crippen LogP contribution in [0.4, 0.5) is 14.9 Å². The minimum atomic E-state index is -0.572. The molecule has 0 spiro atoms. The zero-order valence-electron chi connectivity index (χ0n) is 27.5. The summed E-state index contributed by atoms with van der Waals surface area (Å²) in [6.45, 7) is 14.0. The van der Waals surface area contributed by atoms with Crippen LogP contribution < -0.4 is 14.4 Å². The van der Waals surface area contributed by atoms with E-state index in [1.165, 1.54) is 18.2 Å². The van der Waals surface area contributed by atoms with Gasteiger partial charge < -0.3 is 28.9 Å². The van der Waals surface area contributed by atoms with E-state index < -0.39 is 11.4 Å². The first kappa shape index (κ1) is 32.9. The molecule has 2 amide bonds. The van der Waals surface area contributed by atoms with Crippen LogP contribution >= 0.6 is 0 Å². The van der Waals surface area contributed by atoms with Crippen molar-refractivity contribution < 1.29 is 28.2 Å². The molecule has 0 saturated carbocycles. The Bertz CT molecular complexity index is 1550. The van der Waals surface area contributed by atoms with Gasteiger partial charge >= 0.3 is 6.09 Å². The maximum absolute atomic E-state index is 14.3. The highest BCUT2D eigenvalue weighted by Gasteiger charge is 2.30. The van der Waals surface area contributed by atoms with E-state index in [0.717, 1.165) is 35.5 Å². The maximum atomic E-state index is 14.3. The number of piperidine rings is 1. The number of hydrogen-bond acceptors (Lipinski definition) is 9. The highest BCUT2D eigenvalue weighted by molar-refractivity contribution is 5.97. The van der Waals surface area contributed by atoms with E-state index in [9.17, 15) is 14.0 Å². The van der Waals surface area contributed by atoms with E-state index >= 15 is 0 Å². The first-order chi connectivity index (χ1) is 21.9. The zero-order chi connectivity index (χ0) is 33.0. The number of amides is 2. The molecule has 4 heterocycles. The molecule has 46 heavy (non-hydrogen) atoms. The third-order valence-corrected chi connectivity index (χ3v) is 8.07. The lowest BCUT2D eigenvalue weighted by molar-refractivity contribution is 0.0219. The van der Waals surface area contributed by atoms with E-state index in [0.29, 0.717) is 39.1 Å². The minimum absolute atomic E-state index is 0.0452. The van der Waals surface area contributed by atoms with Gasteiger partial charge in [0.05, 0.1) is 24.0 Å². The Morgan fingerprint density at radius 2 is 1.83 bits per heavy atom. The molecule has 0 aliphatic carbocycles. The molecule has 5 rings (SSSR count). The molecule has 1 aromatic carbocycles. The van der Waals surface area contributed by atoms with Gasteiger partial charge in [-0.1, -0.05) is 0 Å². The number of hydrogen-bond donors (Lipinski definition) is 0. The minimum Gasteiger partial charge on any atom is -0.490 e. The lowest BCUT2D eigenvalue weighted by Crippen LogP contribution is -2.41. The third-order valence-electron chi connectivity index (χ3n) is 8.07. The molecule has 0 radical (unpaired) electrons. The normalized spacial score (nSPS) is 15.4. The summed E-state index contributed by atoms with van der Waals surface area (Å²) in [5.74, 6) is 0.351. The Labute approximate surface area is 269 Å². The molecular weight excluding hydrogens is 591 g/mol. The Kier molecular flexibility index (Phi) is 9.93. The summed E-state index contributed by atoms with van der Waals surface area (Å²) in [4.78, 5) is 36.1. The molecule has 2 aliphatic heterocycles. The number of rotatable bonds is 8. The zero-order valence-corrected chi connectivity index (χ0v) is 27.5. The van der Waals surface area contributed by atoms with Gasteiger partial charge in [0, 0.05) is 63.2 Å². The molecule has 11 nitrogen and oxygen atoms in total. The van der Waals surface area contributed by atoms with Gasteiger partial charge in [0.25, 0.3) is 11.8 Å². The van der Waals surface area contributed by atoms with E-state index in [4.69, 9.17) is 14.2 Å². The van der Waals surface area contributed by atoms with Gasteiger partial charge in [0.1, 0.15) is 34.7 Å².